The highest BCUT2D eigenvalue weighted by Gasteiger charge is 2.26. The van der Waals surface area contributed by atoms with Gasteiger partial charge in [-0.2, -0.15) is 0 Å². The molecule has 25 heavy (non-hydrogen) atoms. The van der Waals surface area contributed by atoms with Crippen LogP contribution in [-0.2, 0) is 0 Å². The lowest BCUT2D eigenvalue weighted by Crippen LogP contribution is -2.34. The van der Waals surface area contributed by atoms with Crippen molar-refractivity contribution in [2.24, 2.45) is 5.92 Å². The molecule has 1 saturated heterocycles. The first kappa shape index (κ1) is 17.5. The Morgan fingerprint density at radius 2 is 2.20 bits per heavy atom. The maximum absolute atomic E-state index is 14.1. The van der Waals surface area contributed by atoms with Crippen molar-refractivity contribution < 1.29 is 14.3 Å². The number of aromatic nitrogens is 3. The minimum atomic E-state index is -0.476. The molecule has 1 aliphatic heterocycles. The van der Waals surface area contributed by atoms with Gasteiger partial charge in [0, 0.05) is 31.5 Å². The van der Waals surface area contributed by atoms with Crippen molar-refractivity contribution in [3.8, 4) is 5.69 Å². The minimum absolute atomic E-state index is 0.00704. The first-order valence-electron chi connectivity index (χ1n) is 8.36. The summed E-state index contributed by atoms with van der Waals surface area (Å²) < 4.78 is 15.5. The van der Waals surface area contributed by atoms with Crippen LogP contribution in [-0.4, -0.2) is 51.5 Å². The molecule has 7 nitrogen and oxygen atoms in total. The molecule has 2 heterocycles. The van der Waals surface area contributed by atoms with Crippen LogP contribution in [0.1, 0.15) is 36.2 Å². The number of β-amino-alcohol motifs (C(OH)–C–C–N with tert-alkyl or cyclic N) is 1. The van der Waals surface area contributed by atoms with E-state index in [-0.39, 0.29) is 23.3 Å². The van der Waals surface area contributed by atoms with Gasteiger partial charge in [-0.05, 0) is 12.1 Å². The third-order valence-electron chi connectivity index (χ3n) is 4.26. The molecular weight excluding hydrogens is 325 g/mol. The van der Waals surface area contributed by atoms with Crippen molar-refractivity contribution in [3.63, 3.8) is 0 Å². The number of aliphatic hydroxyl groups excluding tert-OH is 1. The number of para-hydroxylation sites is 1. The van der Waals surface area contributed by atoms with Crippen LogP contribution in [0.25, 0.3) is 5.69 Å². The normalized spacial score (nSPS) is 20.2. The first-order chi connectivity index (χ1) is 12.0. The Kier molecular flexibility index (Phi) is 5.10. The molecule has 1 amide bonds. The zero-order chi connectivity index (χ0) is 18.0. The number of nitrogens with zero attached hydrogens (tertiary/aromatic N) is 3. The number of rotatable bonds is 5. The van der Waals surface area contributed by atoms with Gasteiger partial charge in [0.25, 0.3) is 5.91 Å². The summed E-state index contributed by atoms with van der Waals surface area (Å²) in [6.07, 6.45) is -0.476. The van der Waals surface area contributed by atoms with E-state index < -0.39 is 17.8 Å². The predicted octanol–water partition coefficient (Wildman–Crippen LogP) is 0.840. The molecule has 0 saturated carbocycles. The van der Waals surface area contributed by atoms with Gasteiger partial charge in [0.05, 0.1) is 6.10 Å². The van der Waals surface area contributed by atoms with E-state index in [2.05, 4.69) is 20.7 Å². The second-order valence-electron chi connectivity index (χ2n) is 6.51. The van der Waals surface area contributed by atoms with Gasteiger partial charge in [0.15, 0.2) is 0 Å². The van der Waals surface area contributed by atoms with Crippen LogP contribution in [0.5, 0.6) is 0 Å². The summed E-state index contributed by atoms with van der Waals surface area (Å²) in [5, 5.41) is 19.8. The molecule has 134 valence electrons. The molecule has 0 bridgehead atoms. The van der Waals surface area contributed by atoms with E-state index in [1.807, 2.05) is 13.8 Å². The highest BCUT2D eigenvalue weighted by Crippen LogP contribution is 2.19. The summed E-state index contributed by atoms with van der Waals surface area (Å²) >= 11 is 0. The van der Waals surface area contributed by atoms with E-state index in [9.17, 15) is 14.3 Å². The summed E-state index contributed by atoms with van der Waals surface area (Å²) in [5.41, 5.74) is 0.258. The molecule has 3 rings (SSSR count). The molecule has 3 N–H and O–H groups in total. The van der Waals surface area contributed by atoms with Crippen molar-refractivity contribution >= 4 is 5.91 Å². The Hall–Kier alpha value is -2.32. The molecule has 1 aliphatic rings. The molecule has 2 atom stereocenters. The third-order valence-corrected chi connectivity index (χ3v) is 4.26. The zero-order valence-electron chi connectivity index (χ0n) is 14.2. The van der Waals surface area contributed by atoms with Gasteiger partial charge in [-0.1, -0.05) is 26.0 Å². The highest BCUT2D eigenvalue weighted by atomic mass is 19.1. The summed E-state index contributed by atoms with van der Waals surface area (Å²) in [5.74, 6) is -0.431. The van der Waals surface area contributed by atoms with Crippen LogP contribution in [0, 0.1) is 11.7 Å². The van der Waals surface area contributed by atoms with E-state index in [1.165, 1.54) is 10.7 Å². The van der Waals surface area contributed by atoms with Crippen molar-refractivity contribution in [2.75, 3.05) is 19.6 Å². The second kappa shape index (κ2) is 7.28. The van der Waals surface area contributed by atoms with Gasteiger partial charge in [-0.25, -0.2) is 14.1 Å². The number of halogens is 1. The number of carbonyl (C=O) groups excluding carboxylic acids is 1. The van der Waals surface area contributed by atoms with E-state index in [1.54, 1.807) is 18.2 Å². The lowest BCUT2D eigenvalue weighted by atomic mass is 10.1. The number of aliphatic hydroxyl groups is 1. The fraction of sp³-hybridized carbons (Fsp3) is 0.471. The number of hydrogen-bond acceptors (Lipinski definition) is 5. The summed E-state index contributed by atoms with van der Waals surface area (Å²) in [4.78, 5) is 16.7. The summed E-state index contributed by atoms with van der Waals surface area (Å²) in [6.45, 7) is 5.32. The van der Waals surface area contributed by atoms with Crippen LogP contribution in [0.15, 0.2) is 24.3 Å². The largest absolute Gasteiger partial charge is 0.391 e. The molecule has 8 heteroatoms. The third kappa shape index (κ3) is 3.69. The van der Waals surface area contributed by atoms with Crippen LogP contribution < -0.4 is 10.6 Å². The number of hydrogen-bond donors (Lipinski definition) is 3. The SMILES string of the molecule is CC(C)c1nc(C(=O)NCC2CNCC2O)nn1-c1ccccc1F. The number of amides is 1. The molecule has 0 radical (unpaired) electrons. The topological polar surface area (TPSA) is 92.1 Å². The quantitative estimate of drug-likeness (QED) is 0.745. The number of benzene rings is 1. The highest BCUT2D eigenvalue weighted by molar-refractivity contribution is 5.90. The Bertz CT molecular complexity index is 761. The fourth-order valence-electron chi connectivity index (χ4n) is 2.83. The molecule has 1 fully saturated rings. The molecule has 2 unspecified atom stereocenters. The van der Waals surface area contributed by atoms with Crippen LogP contribution in [0.2, 0.25) is 0 Å². The van der Waals surface area contributed by atoms with E-state index in [4.69, 9.17) is 0 Å². The van der Waals surface area contributed by atoms with Gasteiger partial charge in [0.1, 0.15) is 17.3 Å². The second-order valence-corrected chi connectivity index (χ2v) is 6.51. The van der Waals surface area contributed by atoms with Gasteiger partial charge < -0.3 is 15.7 Å². The minimum Gasteiger partial charge on any atom is -0.391 e. The molecule has 1 aromatic heterocycles. The van der Waals surface area contributed by atoms with Crippen molar-refractivity contribution in [1.29, 1.82) is 0 Å². The Balaban J connectivity index is 1.81. The van der Waals surface area contributed by atoms with E-state index >= 15 is 0 Å². The van der Waals surface area contributed by atoms with Crippen LogP contribution >= 0.6 is 0 Å². The molecule has 2 aromatic rings. The first-order valence-corrected chi connectivity index (χ1v) is 8.36. The standard InChI is InChI=1S/C17H22FN5O2/c1-10(2)16-21-15(17(25)20-8-11-7-19-9-14(11)24)22-23(16)13-6-4-3-5-12(13)18/h3-6,10-11,14,19,24H,7-9H2,1-2H3,(H,20,25). The Morgan fingerprint density at radius 3 is 2.84 bits per heavy atom. The van der Waals surface area contributed by atoms with Gasteiger partial charge in [0.2, 0.25) is 5.82 Å². The van der Waals surface area contributed by atoms with Crippen molar-refractivity contribution in [1.82, 2.24) is 25.4 Å². The molecule has 0 spiro atoms. The van der Waals surface area contributed by atoms with Gasteiger partial charge >= 0.3 is 0 Å². The molecular formula is C17H22FN5O2. The summed E-state index contributed by atoms with van der Waals surface area (Å²) in [7, 11) is 0. The maximum Gasteiger partial charge on any atom is 0.290 e. The van der Waals surface area contributed by atoms with Crippen LogP contribution in [0.4, 0.5) is 4.39 Å². The van der Waals surface area contributed by atoms with Gasteiger partial charge in [-0.3, -0.25) is 4.79 Å². The molecule has 0 aliphatic carbocycles. The average molecular weight is 347 g/mol. The smallest absolute Gasteiger partial charge is 0.290 e. The van der Waals surface area contributed by atoms with E-state index in [0.717, 1.165) is 0 Å². The summed E-state index contributed by atoms with van der Waals surface area (Å²) in [6, 6.07) is 6.24. The average Bonchev–Trinajstić information content (AvgIpc) is 3.19. The lowest BCUT2D eigenvalue weighted by molar-refractivity contribution is 0.0917. The molecule has 1 aromatic carbocycles. The maximum atomic E-state index is 14.1. The monoisotopic (exact) mass is 347 g/mol. The van der Waals surface area contributed by atoms with Crippen molar-refractivity contribution in [2.45, 2.75) is 25.9 Å². The number of nitrogens with one attached hydrogen (secondary N) is 2. The van der Waals surface area contributed by atoms with Crippen molar-refractivity contribution in [3.05, 3.63) is 41.7 Å². The predicted molar refractivity (Wildman–Crippen MR) is 90.1 cm³/mol. The van der Waals surface area contributed by atoms with E-state index in [0.29, 0.717) is 25.5 Å². The lowest BCUT2D eigenvalue weighted by Gasteiger charge is -2.12. The fourth-order valence-corrected chi connectivity index (χ4v) is 2.83. The van der Waals surface area contributed by atoms with Gasteiger partial charge in [-0.15, -0.1) is 5.10 Å². The number of carbonyl (C=O) groups is 1. The Labute approximate surface area is 145 Å². The van der Waals surface area contributed by atoms with Crippen LogP contribution in [0.3, 0.4) is 0 Å². The zero-order valence-corrected chi connectivity index (χ0v) is 14.2. The Morgan fingerprint density at radius 1 is 1.44 bits per heavy atom.